The topological polar surface area (TPSA) is 66.9 Å². The van der Waals surface area contributed by atoms with Crippen molar-refractivity contribution in [2.24, 2.45) is 5.41 Å². The molecule has 2 heterocycles. The van der Waals surface area contributed by atoms with Gasteiger partial charge in [0, 0.05) is 19.0 Å². The van der Waals surface area contributed by atoms with Gasteiger partial charge in [0.2, 0.25) is 11.2 Å². The van der Waals surface area contributed by atoms with E-state index in [-0.39, 0.29) is 28.5 Å². The molecule has 108 valence electrons. The van der Waals surface area contributed by atoms with E-state index in [9.17, 15) is 9.18 Å². The molecule has 20 heavy (non-hydrogen) atoms. The maximum absolute atomic E-state index is 13.6. The second-order valence-corrected chi connectivity index (χ2v) is 6.06. The van der Waals surface area contributed by atoms with Crippen molar-refractivity contribution in [2.45, 2.75) is 38.1 Å². The van der Waals surface area contributed by atoms with Gasteiger partial charge in [-0.05, 0) is 36.3 Å². The first-order valence-corrected chi connectivity index (χ1v) is 7.15. The molecule has 1 aliphatic heterocycles. The van der Waals surface area contributed by atoms with Crippen LogP contribution in [0.5, 0.6) is 0 Å². The minimum Gasteiger partial charge on any atom is -0.365 e. The summed E-state index contributed by atoms with van der Waals surface area (Å²) in [5, 5.41) is 6.03. The van der Waals surface area contributed by atoms with Crippen LogP contribution in [0.25, 0.3) is 0 Å². The summed E-state index contributed by atoms with van der Waals surface area (Å²) in [5.41, 5.74) is 0.0142. The lowest BCUT2D eigenvalue weighted by Crippen LogP contribution is -2.37. The number of halogens is 2. The van der Waals surface area contributed by atoms with Crippen molar-refractivity contribution >= 4 is 23.3 Å². The maximum atomic E-state index is 13.6. The number of aromatic nitrogens is 2. The second kappa shape index (κ2) is 5.16. The van der Waals surface area contributed by atoms with Gasteiger partial charge >= 0.3 is 0 Å². The van der Waals surface area contributed by atoms with Crippen molar-refractivity contribution in [3.63, 3.8) is 0 Å². The second-order valence-electron chi connectivity index (χ2n) is 5.73. The van der Waals surface area contributed by atoms with Crippen LogP contribution < -0.4 is 10.6 Å². The van der Waals surface area contributed by atoms with E-state index in [2.05, 4.69) is 20.6 Å². The number of nitrogens with zero attached hydrogens (tertiary/aromatic N) is 2. The quantitative estimate of drug-likeness (QED) is 0.821. The van der Waals surface area contributed by atoms with Crippen molar-refractivity contribution in [3.8, 4) is 0 Å². The van der Waals surface area contributed by atoms with Crippen LogP contribution in [0.1, 0.15) is 32.1 Å². The van der Waals surface area contributed by atoms with Crippen LogP contribution in [0.15, 0.2) is 6.20 Å². The standard InChI is InChI=1S/C13H16ClFN4O/c14-12-16-6-9(15)11(19-12)18-8-2-1-3-13(4-8)5-10(20)17-7-13/h6,8H,1-5,7H2,(H,17,20)(H,16,18,19)/t8-,13-/m0/s1. The maximum Gasteiger partial charge on any atom is 0.224 e. The lowest BCUT2D eigenvalue weighted by molar-refractivity contribution is -0.119. The van der Waals surface area contributed by atoms with Gasteiger partial charge in [0.15, 0.2) is 11.6 Å². The van der Waals surface area contributed by atoms with Gasteiger partial charge in [-0.25, -0.2) is 9.37 Å². The number of hydrogen-bond acceptors (Lipinski definition) is 4. The fourth-order valence-electron chi connectivity index (χ4n) is 3.29. The molecule has 1 aliphatic carbocycles. The Hall–Kier alpha value is -1.43. The summed E-state index contributed by atoms with van der Waals surface area (Å²) in [4.78, 5) is 18.9. The molecule has 7 heteroatoms. The SMILES string of the molecule is O=C1C[C@@]2(CCC[C@H](Nc3nc(Cl)ncc3F)C2)CN1. The van der Waals surface area contributed by atoms with Crippen molar-refractivity contribution in [2.75, 3.05) is 11.9 Å². The third kappa shape index (κ3) is 2.70. The molecule has 0 aromatic carbocycles. The summed E-state index contributed by atoms with van der Waals surface area (Å²) >= 11 is 5.69. The molecule has 1 amide bonds. The molecule has 1 saturated carbocycles. The highest BCUT2D eigenvalue weighted by Gasteiger charge is 2.42. The molecule has 1 aromatic heterocycles. The van der Waals surface area contributed by atoms with E-state index < -0.39 is 5.82 Å². The molecular weight excluding hydrogens is 283 g/mol. The number of rotatable bonds is 2. The third-order valence-electron chi connectivity index (χ3n) is 4.19. The minimum absolute atomic E-state index is 0.0142. The Morgan fingerprint density at radius 1 is 1.55 bits per heavy atom. The Labute approximate surface area is 121 Å². The number of carbonyl (C=O) groups excluding carboxylic acids is 1. The Morgan fingerprint density at radius 3 is 3.15 bits per heavy atom. The Bertz CT molecular complexity index is 541. The molecule has 2 fully saturated rings. The van der Waals surface area contributed by atoms with Crippen LogP contribution in [-0.4, -0.2) is 28.5 Å². The molecule has 2 atom stereocenters. The Morgan fingerprint density at radius 2 is 2.40 bits per heavy atom. The molecule has 3 rings (SSSR count). The van der Waals surface area contributed by atoms with Gasteiger partial charge in [0.25, 0.3) is 0 Å². The van der Waals surface area contributed by atoms with E-state index in [4.69, 9.17) is 11.6 Å². The zero-order valence-electron chi connectivity index (χ0n) is 11.0. The first-order valence-electron chi connectivity index (χ1n) is 6.78. The van der Waals surface area contributed by atoms with Crippen molar-refractivity contribution in [3.05, 3.63) is 17.3 Å². The van der Waals surface area contributed by atoms with Gasteiger partial charge in [-0.15, -0.1) is 0 Å². The predicted octanol–water partition coefficient (Wildman–Crippen LogP) is 2.13. The molecular formula is C13H16ClFN4O. The number of nitrogens with one attached hydrogen (secondary N) is 2. The van der Waals surface area contributed by atoms with Gasteiger partial charge in [0.1, 0.15) is 0 Å². The highest BCUT2D eigenvalue weighted by Crippen LogP contribution is 2.42. The molecule has 5 nitrogen and oxygen atoms in total. The minimum atomic E-state index is -0.505. The lowest BCUT2D eigenvalue weighted by Gasteiger charge is -2.37. The van der Waals surface area contributed by atoms with Gasteiger partial charge in [-0.2, -0.15) is 4.98 Å². The smallest absolute Gasteiger partial charge is 0.224 e. The van der Waals surface area contributed by atoms with Crippen LogP contribution in [0.3, 0.4) is 0 Å². The van der Waals surface area contributed by atoms with Crippen LogP contribution in [0.4, 0.5) is 10.2 Å². The first-order chi connectivity index (χ1) is 9.56. The van der Waals surface area contributed by atoms with E-state index in [0.717, 1.165) is 38.4 Å². The van der Waals surface area contributed by atoms with E-state index in [1.807, 2.05) is 0 Å². The predicted molar refractivity (Wildman–Crippen MR) is 72.9 cm³/mol. The molecule has 1 aromatic rings. The van der Waals surface area contributed by atoms with Gasteiger partial charge in [-0.1, -0.05) is 6.42 Å². The summed E-state index contributed by atoms with van der Waals surface area (Å²) in [6.45, 7) is 0.719. The van der Waals surface area contributed by atoms with Crippen LogP contribution in [-0.2, 0) is 4.79 Å². The molecule has 0 bridgehead atoms. The summed E-state index contributed by atoms with van der Waals surface area (Å²) in [5.74, 6) is -0.249. The van der Waals surface area contributed by atoms with E-state index >= 15 is 0 Å². The summed E-state index contributed by atoms with van der Waals surface area (Å²) < 4.78 is 13.6. The zero-order chi connectivity index (χ0) is 14.2. The average molecular weight is 299 g/mol. The van der Waals surface area contributed by atoms with E-state index in [0.29, 0.717) is 6.42 Å². The van der Waals surface area contributed by atoms with Gasteiger partial charge < -0.3 is 10.6 Å². The van der Waals surface area contributed by atoms with Crippen LogP contribution >= 0.6 is 11.6 Å². The highest BCUT2D eigenvalue weighted by molar-refractivity contribution is 6.28. The monoisotopic (exact) mass is 298 g/mol. The Kier molecular flexibility index (Phi) is 3.50. The lowest BCUT2D eigenvalue weighted by atomic mass is 9.71. The number of carbonyl (C=O) groups is 1. The summed E-state index contributed by atoms with van der Waals surface area (Å²) in [7, 11) is 0. The van der Waals surface area contributed by atoms with Crippen molar-refractivity contribution in [1.29, 1.82) is 0 Å². The van der Waals surface area contributed by atoms with Crippen LogP contribution in [0.2, 0.25) is 5.28 Å². The molecule has 2 aliphatic rings. The molecule has 1 saturated heterocycles. The fraction of sp³-hybridized carbons (Fsp3) is 0.615. The van der Waals surface area contributed by atoms with E-state index in [1.165, 1.54) is 0 Å². The molecule has 0 radical (unpaired) electrons. The van der Waals surface area contributed by atoms with Gasteiger partial charge in [-0.3, -0.25) is 4.79 Å². The largest absolute Gasteiger partial charge is 0.365 e. The van der Waals surface area contributed by atoms with Crippen LogP contribution in [0, 0.1) is 11.2 Å². The summed E-state index contributed by atoms with van der Waals surface area (Å²) in [6.07, 6.45) is 5.48. The molecule has 0 unspecified atom stereocenters. The van der Waals surface area contributed by atoms with Crippen molar-refractivity contribution < 1.29 is 9.18 Å². The number of amides is 1. The van der Waals surface area contributed by atoms with Gasteiger partial charge in [0.05, 0.1) is 6.20 Å². The highest BCUT2D eigenvalue weighted by atomic mass is 35.5. The number of anilines is 1. The summed E-state index contributed by atoms with van der Waals surface area (Å²) in [6, 6.07) is 0.108. The molecule has 1 spiro atoms. The molecule has 2 N–H and O–H groups in total. The zero-order valence-corrected chi connectivity index (χ0v) is 11.7. The fourth-order valence-corrected chi connectivity index (χ4v) is 3.42. The average Bonchev–Trinajstić information content (AvgIpc) is 2.75. The van der Waals surface area contributed by atoms with E-state index in [1.54, 1.807) is 0 Å². The van der Waals surface area contributed by atoms with Crippen molar-refractivity contribution in [1.82, 2.24) is 15.3 Å². The Balaban J connectivity index is 1.71. The first kappa shape index (κ1) is 13.5. The third-order valence-corrected chi connectivity index (χ3v) is 4.37. The number of hydrogen-bond donors (Lipinski definition) is 2. The normalized spacial score (nSPS) is 29.5.